The SMILES string of the molecule is CC(=O)C(/C=C\I)CC=N. The van der Waals surface area contributed by atoms with Crippen molar-refractivity contribution in [1.29, 1.82) is 5.41 Å². The summed E-state index contributed by atoms with van der Waals surface area (Å²) in [5.41, 5.74) is 0. The van der Waals surface area contributed by atoms with Crippen LogP contribution in [-0.2, 0) is 4.79 Å². The molecule has 0 aromatic carbocycles. The van der Waals surface area contributed by atoms with Gasteiger partial charge in [-0.15, -0.1) is 0 Å². The molecule has 0 aliphatic heterocycles. The Hall–Kier alpha value is -0.190. The Labute approximate surface area is 74.3 Å². The summed E-state index contributed by atoms with van der Waals surface area (Å²) >= 11 is 2.07. The molecule has 0 bridgehead atoms. The normalized spacial score (nSPS) is 13.4. The second-order valence-electron chi connectivity index (χ2n) is 1.98. The zero-order chi connectivity index (χ0) is 7.98. The van der Waals surface area contributed by atoms with Gasteiger partial charge in [-0.25, -0.2) is 0 Å². The van der Waals surface area contributed by atoms with E-state index in [2.05, 4.69) is 22.6 Å². The number of hydrogen-bond donors (Lipinski definition) is 1. The van der Waals surface area contributed by atoms with Gasteiger partial charge in [0.1, 0.15) is 5.78 Å². The van der Waals surface area contributed by atoms with Crippen LogP contribution in [0.1, 0.15) is 13.3 Å². The van der Waals surface area contributed by atoms with Crippen LogP contribution >= 0.6 is 22.6 Å². The first-order valence-corrected chi connectivity index (χ1v) is 4.23. The molecule has 0 saturated carbocycles. The summed E-state index contributed by atoms with van der Waals surface area (Å²) in [7, 11) is 0. The van der Waals surface area contributed by atoms with Crippen LogP contribution in [0.2, 0.25) is 0 Å². The van der Waals surface area contributed by atoms with Crippen LogP contribution in [-0.4, -0.2) is 12.0 Å². The maximum Gasteiger partial charge on any atom is 0.137 e. The van der Waals surface area contributed by atoms with Crippen LogP contribution in [0.5, 0.6) is 0 Å². The van der Waals surface area contributed by atoms with Gasteiger partial charge in [-0.1, -0.05) is 28.7 Å². The molecule has 1 N–H and O–H groups in total. The molecule has 1 unspecified atom stereocenters. The van der Waals surface area contributed by atoms with Crippen molar-refractivity contribution in [1.82, 2.24) is 0 Å². The van der Waals surface area contributed by atoms with Crippen molar-refractivity contribution in [2.75, 3.05) is 0 Å². The maximum atomic E-state index is 10.8. The summed E-state index contributed by atoms with van der Waals surface area (Å²) < 4.78 is 1.81. The highest BCUT2D eigenvalue weighted by molar-refractivity contribution is 14.1. The van der Waals surface area contributed by atoms with Gasteiger partial charge in [-0.05, 0) is 23.6 Å². The average molecular weight is 251 g/mol. The maximum absolute atomic E-state index is 10.8. The molecule has 0 aliphatic rings. The summed E-state index contributed by atoms with van der Waals surface area (Å²) in [6.07, 6.45) is 3.60. The first-order chi connectivity index (χ1) is 4.72. The van der Waals surface area contributed by atoms with Crippen LogP contribution in [0.3, 0.4) is 0 Å². The Morgan fingerprint density at radius 2 is 2.40 bits per heavy atom. The van der Waals surface area contributed by atoms with Gasteiger partial charge in [0.15, 0.2) is 0 Å². The number of hydrogen-bond acceptors (Lipinski definition) is 2. The highest BCUT2D eigenvalue weighted by Crippen LogP contribution is 2.05. The lowest BCUT2D eigenvalue weighted by Gasteiger charge is -2.01. The van der Waals surface area contributed by atoms with E-state index in [0.29, 0.717) is 6.42 Å². The smallest absolute Gasteiger partial charge is 0.137 e. The van der Waals surface area contributed by atoms with Gasteiger partial charge >= 0.3 is 0 Å². The van der Waals surface area contributed by atoms with Crippen LogP contribution in [0.4, 0.5) is 0 Å². The van der Waals surface area contributed by atoms with E-state index in [0.717, 1.165) is 0 Å². The van der Waals surface area contributed by atoms with Crippen molar-refractivity contribution >= 4 is 34.6 Å². The fourth-order valence-electron chi connectivity index (χ4n) is 0.595. The third kappa shape index (κ3) is 3.76. The van der Waals surface area contributed by atoms with Crippen LogP contribution in [0.15, 0.2) is 10.2 Å². The highest BCUT2D eigenvalue weighted by Gasteiger charge is 2.06. The Balaban J connectivity index is 3.96. The van der Waals surface area contributed by atoms with Crippen LogP contribution in [0, 0.1) is 11.3 Å². The Kier molecular flexibility index (Phi) is 5.48. The van der Waals surface area contributed by atoms with Crippen molar-refractivity contribution in [2.24, 2.45) is 5.92 Å². The van der Waals surface area contributed by atoms with Gasteiger partial charge in [0, 0.05) is 5.92 Å². The van der Waals surface area contributed by atoms with E-state index in [1.54, 1.807) is 6.92 Å². The molecule has 0 aromatic heterocycles. The molecule has 0 fully saturated rings. The van der Waals surface area contributed by atoms with Crippen molar-refractivity contribution in [3.05, 3.63) is 10.2 Å². The second-order valence-corrected chi connectivity index (χ2v) is 2.69. The minimum absolute atomic E-state index is 0.0885. The Morgan fingerprint density at radius 1 is 1.80 bits per heavy atom. The third-order valence-corrected chi connectivity index (χ3v) is 1.61. The molecule has 56 valence electrons. The molecule has 0 radical (unpaired) electrons. The molecule has 0 spiro atoms. The lowest BCUT2D eigenvalue weighted by molar-refractivity contribution is -0.119. The zero-order valence-corrected chi connectivity index (χ0v) is 7.96. The van der Waals surface area contributed by atoms with Gasteiger partial charge in [-0.2, -0.15) is 0 Å². The fourth-order valence-corrected chi connectivity index (χ4v) is 1.10. The summed E-state index contributed by atoms with van der Waals surface area (Å²) in [4.78, 5) is 10.8. The van der Waals surface area contributed by atoms with Gasteiger partial charge in [0.2, 0.25) is 0 Å². The van der Waals surface area contributed by atoms with Crippen molar-refractivity contribution < 1.29 is 4.79 Å². The minimum Gasteiger partial charge on any atom is -0.313 e. The largest absolute Gasteiger partial charge is 0.313 e. The third-order valence-electron chi connectivity index (χ3n) is 1.20. The number of halogens is 1. The van der Waals surface area contributed by atoms with Gasteiger partial charge < -0.3 is 5.41 Å². The van der Waals surface area contributed by atoms with Gasteiger partial charge in [0.25, 0.3) is 0 Å². The number of Topliss-reactive ketones (excluding diaryl/α,β-unsaturated/α-hetero) is 1. The first-order valence-electron chi connectivity index (χ1n) is 2.98. The molecule has 0 aromatic rings. The number of ketones is 1. The molecule has 0 amide bonds. The number of nitrogens with one attached hydrogen (secondary N) is 1. The predicted octanol–water partition coefficient (Wildman–Crippen LogP) is 2.18. The van der Waals surface area contributed by atoms with Crippen molar-refractivity contribution in [3.63, 3.8) is 0 Å². The monoisotopic (exact) mass is 251 g/mol. The highest BCUT2D eigenvalue weighted by atomic mass is 127. The van der Waals surface area contributed by atoms with Crippen molar-refractivity contribution in [3.8, 4) is 0 Å². The van der Waals surface area contributed by atoms with Gasteiger partial charge in [0.05, 0.1) is 0 Å². The predicted molar refractivity (Wildman–Crippen MR) is 50.7 cm³/mol. The number of carbonyl (C=O) groups is 1. The average Bonchev–Trinajstić information content (AvgIpc) is 1.87. The van der Waals surface area contributed by atoms with E-state index < -0.39 is 0 Å². The minimum atomic E-state index is -0.0885. The Bertz CT molecular complexity index is 154. The molecule has 2 nitrogen and oxygen atoms in total. The molecule has 0 heterocycles. The lowest BCUT2D eigenvalue weighted by Crippen LogP contribution is -2.07. The standard InChI is InChI=1S/C7H10INO/c1-6(10)7(2-4-8)3-5-9/h2,4-5,7,9H,3H2,1H3/b4-2-,9-5?. The van der Waals surface area contributed by atoms with E-state index in [-0.39, 0.29) is 11.7 Å². The molecule has 10 heavy (non-hydrogen) atoms. The second kappa shape index (κ2) is 5.58. The van der Waals surface area contributed by atoms with Crippen LogP contribution in [0.25, 0.3) is 0 Å². The molecule has 3 heteroatoms. The van der Waals surface area contributed by atoms with E-state index in [4.69, 9.17) is 5.41 Å². The molecule has 0 saturated heterocycles. The quantitative estimate of drug-likeness (QED) is 0.603. The van der Waals surface area contributed by atoms with E-state index >= 15 is 0 Å². The molecule has 0 rings (SSSR count). The van der Waals surface area contributed by atoms with Crippen LogP contribution < -0.4 is 0 Å². The number of rotatable bonds is 4. The van der Waals surface area contributed by atoms with E-state index in [1.807, 2.05) is 10.2 Å². The lowest BCUT2D eigenvalue weighted by atomic mass is 10.0. The molecular weight excluding hydrogens is 241 g/mol. The molecule has 1 atom stereocenters. The summed E-state index contributed by atoms with van der Waals surface area (Å²) in [6.45, 7) is 1.55. The topological polar surface area (TPSA) is 40.9 Å². The molecule has 0 aliphatic carbocycles. The first kappa shape index (κ1) is 9.81. The summed E-state index contributed by atoms with van der Waals surface area (Å²) in [5, 5.41) is 6.79. The van der Waals surface area contributed by atoms with Gasteiger partial charge in [-0.3, -0.25) is 4.79 Å². The molecular formula is C7H10INO. The fraction of sp³-hybridized carbons (Fsp3) is 0.429. The van der Waals surface area contributed by atoms with E-state index in [9.17, 15) is 4.79 Å². The zero-order valence-electron chi connectivity index (χ0n) is 5.80. The summed E-state index contributed by atoms with van der Waals surface area (Å²) in [5.74, 6) is 0.0332. The van der Waals surface area contributed by atoms with Crippen molar-refractivity contribution in [2.45, 2.75) is 13.3 Å². The number of carbonyl (C=O) groups excluding carboxylic acids is 1. The van der Waals surface area contributed by atoms with E-state index in [1.165, 1.54) is 6.21 Å². The Morgan fingerprint density at radius 3 is 2.70 bits per heavy atom. The summed E-state index contributed by atoms with van der Waals surface area (Å²) in [6, 6.07) is 0. The number of allylic oxidation sites excluding steroid dienone is 1.